The van der Waals surface area contributed by atoms with Crippen molar-refractivity contribution in [3.63, 3.8) is 0 Å². The van der Waals surface area contributed by atoms with Crippen molar-refractivity contribution in [2.45, 2.75) is 37.6 Å². The molecular weight excluding hydrogens is 335 g/mol. The summed E-state index contributed by atoms with van der Waals surface area (Å²) in [7, 11) is 0. The lowest BCUT2D eigenvalue weighted by Crippen LogP contribution is -2.72. The minimum atomic E-state index is -1.53. The average molecular weight is 350 g/mol. The lowest BCUT2D eigenvalue weighted by atomic mass is 9.48. The number of benzene rings is 1. The molecule has 26 heavy (non-hydrogen) atoms. The van der Waals surface area contributed by atoms with Crippen molar-refractivity contribution in [1.29, 1.82) is 15.9 Å². The molecule has 3 saturated heterocycles. The van der Waals surface area contributed by atoms with Gasteiger partial charge in [-0.1, -0.05) is 18.6 Å². The molecule has 5 aliphatic rings. The zero-order valence-electron chi connectivity index (χ0n) is 13.8. The smallest absolute Gasteiger partial charge is 0.218 e. The first kappa shape index (κ1) is 15.5. The number of hydrogen-bond donors (Lipinski definition) is 1. The zero-order chi connectivity index (χ0) is 18.2. The number of fused-ring (bicyclic) bond motifs is 1. The molecule has 4 heterocycles. The Bertz CT molecular complexity index is 946. The molecular formula is C19H15FN4O2. The molecule has 4 bridgehead atoms. The van der Waals surface area contributed by atoms with Crippen molar-refractivity contribution in [3.8, 4) is 12.1 Å². The molecule has 1 aliphatic carbocycles. The highest BCUT2D eigenvalue weighted by atomic mass is 19.1. The van der Waals surface area contributed by atoms with Crippen molar-refractivity contribution in [2.24, 2.45) is 21.7 Å². The van der Waals surface area contributed by atoms with Crippen LogP contribution in [-0.2, 0) is 9.47 Å². The first-order valence-electron chi connectivity index (χ1n) is 8.67. The van der Waals surface area contributed by atoms with E-state index < -0.39 is 34.5 Å². The molecule has 1 spiro atoms. The van der Waals surface area contributed by atoms with Crippen LogP contribution in [0.2, 0.25) is 0 Å². The third-order valence-corrected chi connectivity index (χ3v) is 6.37. The van der Waals surface area contributed by atoms with Crippen LogP contribution in [0.3, 0.4) is 0 Å². The van der Waals surface area contributed by atoms with Gasteiger partial charge in [-0.2, -0.15) is 15.5 Å². The normalized spacial score (nSPS) is 42.3. The van der Waals surface area contributed by atoms with Crippen molar-refractivity contribution in [3.05, 3.63) is 35.6 Å². The number of rotatable bonds is 1. The van der Waals surface area contributed by atoms with Crippen LogP contribution >= 0.6 is 0 Å². The average Bonchev–Trinajstić information content (AvgIpc) is 2.85. The van der Waals surface area contributed by atoms with Crippen LogP contribution in [0, 0.1) is 50.6 Å². The van der Waals surface area contributed by atoms with Gasteiger partial charge in [0, 0.05) is 6.42 Å². The maximum atomic E-state index is 13.4. The minimum Gasteiger partial charge on any atom is -0.447 e. The second-order valence-corrected chi connectivity index (χ2v) is 7.37. The monoisotopic (exact) mass is 350 g/mol. The Morgan fingerprint density at radius 1 is 1.15 bits per heavy atom. The minimum absolute atomic E-state index is 0.102. The molecule has 0 amide bonds. The molecule has 7 heteroatoms. The van der Waals surface area contributed by atoms with Gasteiger partial charge in [-0.3, -0.25) is 5.41 Å². The quantitative estimate of drug-likeness (QED) is 0.840. The second kappa shape index (κ2) is 4.69. The lowest BCUT2D eigenvalue weighted by Gasteiger charge is -2.63. The van der Waals surface area contributed by atoms with Gasteiger partial charge in [0.25, 0.3) is 0 Å². The van der Waals surface area contributed by atoms with Gasteiger partial charge < -0.3 is 9.47 Å². The number of nitrogens with one attached hydrogen (secondary N) is 1. The molecule has 4 fully saturated rings. The molecule has 5 atom stereocenters. The number of hydrogen-bond acceptors (Lipinski definition) is 5. The topological polar surface area (TPSA) is 102 Å². The number of nitrogens with zero attached hydrogens (tertiary/aromatic N) is 3. The first-order valence-corrected chi connectivity index (χ1v) is 8.67. The van der Waals surface area contributed by atoms with Gasteiger partial charge in [-0.25, -0.2) is 4.39 Å². The largest absolute Gasteiger partial charge is 0.447 e. The molecule has 4 aliphatic heterocycles. The van der Waals surface area contributed by atoms with Crippen LogP contribution < -0.4 is 0 Å². The van der Waals surface area contributed by atoms with E-state index >= 15 is 0 Å². The molecule has 6 nitrogen and oxygen atoms in total. The third kappa shape index (κ3) is 1.42. The third-order valence-electron chi connectivity index (χ3n) is 6.37. The van der Waals surface area contributed by atoms with Crippen LogP contribution in [0.5, 0.6) is 0 Å². The Balaban J connectivity index is 1.80. The van der Waals surface area contributed by atoms with E-state index in [1.165, 1.54) is 12.1 Å². The van der Waals surface area contributed by atoms with E-state index in [1.807, 2.05) is 0 Å². The molecule has 1 N–H and O–H groups in total. The van der Waals surface area contributed by atoms with Gasteiger partial charge in [0.1, 0.15) is 17.8 Å². The number of halogens is 1. The van der Waals surface area contributed by atoms with Crippen LogP contribution in [-0.4, -0.2) is 17.5 Å². The van der Waals surface area contributed by atoms with Crippen molar-refractivity contribution < 1.29 is 13.9 Å². The molecule has 0 unspecified atom stereocenters. The van der Waals surface area contributed by atoms with Crippen LogP contribution in [0.25, 0.3) is 0 Å². The van der Waals surface area contributed by atoms with Gasteiger partial charge in [-0.15, -0.1) is 0 Å². The summed E-state index contributed by atoms with van der Waals surface area (Å²) in [5.41, 5.74) is -2.35. The summed E-state index contributed by atoms with van der Waals surface area (Å²) in [4.78, 5) is 4.21. The Morgan fingerprint density at radius 2 is 1.88 bits per heavy atom. The fraction of sp³-hybridized carbons (Fsp3) is 0.474. The van der Waals surface area contributed by atoms with E-state index in [1.54, 1.807) is 12.1 Å². The van der Waals surface area contributed by atoms with Crippen LogP contribution in [0.15, 0.2) is 29.3 Å². The van der Waals surface area contributed by atoms with Gasteiger partial charge in [0.2, 0.25) is 11.7 Å². The zero-order valence-corrected chi connectivity index (χ0v) is 13.8. The van der Waals surface area contributed by atoms with E-state index in [-0.39, 0.29) is 11.7 Å². The predicted octanol–water partition coefficient (Wildman–Crippen LogP) is 3.22. The highest BCUT2D eigenvalue weighted by Gasteiger charge is 2.83. The fourth-order valence-corrected chi connectivity index (χ4v) is 5.26. The summed E-state index contributed by atoms with van der Waals surface area (Å²) in [5, 5.41) is 28.9. The lowest BCUT2D eigenvalue weighted by molar-refractivity contribution is -0.355. The van der Waals surface area contributed by atoms with Crippen molar-refractivity contribution >= 4 is 11.7 Å². The Hall–Kier alpha value is -2.77. The molecule has 1 aromatic rings. The number of aliphatic imine (C=N–C) groups is 1. The summed E-state index contributed by atoms with van der Waals surface area (Å²) in [6.45, 7) is 0. The van der Waals surface area contributed by atoms with E-state index in [4.69, 9.17) is 14.9 Å². The molecule has 130 valence electrons. The predicted molar refractivity (Wildman–Crippen MR) is 87.3 cm³/mol. The maximum Gasteiger partial charge on any atom is 0.218 e. The van der Waals surface area contributed by atoms with Gasteiger partial charge >= 0.3 is 0 Å². The van der Waals surface area contributed by atoms with Crippen molar-refractivity contribution in [2.75, 3.05) is 0 Å². The van der Waals surface area contributed by atoms with E-state index in [9.17, 15) is 14.9 Å². The molecule has 1 aromatic carbocycles. The maximum absolute atomic E-state index is 13.4. The standard InChI is InChI=1S/C19H15FN4O2/c20-12-6-4-11(5-7-12)14-18(10-22)16-24-15(23)17(18,9-21)13-3-1-2-8-19(13,25-14)26-16/h4-7,13-14,23H,1-3,8H2/t13-,14-,17+,18+,19-/m0/s1. The Labute approximate surface area is 149 Å². The van der Waals surface area contributed by atoms with Crippen LogP contribution in [0.1, 0.15) is 37.4 Å². The summed E-state index contributed by atoms with van der Waals surface area (Å²) in [6.07, 6.45) is 2.13. The number of amidine groups is 1. The van der Waals surface area contributed by atoms with Crippen LogP contribution in [0.4, 0.5) is 4.39 Å². The summed E-state index contributed by atoms with van der Waals surface area (Å²) in [5.74, 6) is -1.90. The number of ether oxygens (including phenoxy) is 2. The van der Waals surface area contributed by atoms with E-state index in [0.717, 1.165) is 12.8 Å². The molecule has 0 aromatic heterocycles. The Kier molecular flexibility index (Phi) is 2.79. The highest BCUT2D eigenvalue weighted by molar-refractivity contribution is 6.12. The summed E-state index contributed by atoms with van der Waals surface area (Å²) in [6, 6.07) is 10.3. The highest BCUT2D eigenvalue weighted by Crippen LogP contribution is 2.72. The van der Waals surface area contributed by atoms with Gasteiger partial charge in [-0.05, 0) is 30.5 Å². The molecule has 1 saturated carbocycles. The summed E-state index contributed by atoms with van der Waals surface area (Å²) >= 11 is 0. The van der Waals surface area contributed by atoms with E-state index in [0.29, 0.717) is 18.4 Å². The van der Waals surface area contributed by atoms with Gasteiger partial charge in [0.05, 0.1) is 18.1 Å². The Morgan fingerprint density at radius 3 is 2.58 bits per heavy atom. The SMILES string of the molecule is N#C[C@]12C(=N)N=C3O[C@]4(CCCC[C@H]41)O[C@@H](c1ccc(F)cc1)[C@]32C#N. The fourth-order valence-electron chi connectivity index (χ4n) is 5.26. The second-order valence-electron chi connectivity index (χ2n) is 7.37. The van der Waals surface area contributed by atoms with Crippen molar-refractivity contribution in [1.82, 2.24) is 0 Å². The van der Waals surface area contributed by atoms with Gasteiger partial charge in [0.15, 0.2) is 10.8 Å². The molecule has 6 rings (SSSR count). The van der Waals surface area contributed by atoms with E-state index in [2.05, 4.69) is 17.1 Å². The number of nitriles is 2. The summed E-state index contributed by atoms with van der Waals surface area (Å²) < 4.78 is 25.8. The molecule has 0 radical (unpaired) electrons. The first-order chi connectivity index (χ1) is 12.5.